The van der Waals surface area contributed by atoms with E-state index in [-0.39, 0.29) is 12.2 Å². The summed E-state index contributed by atoms with van der Waals surface area (Å²) in [5.74, 6) is 6.31. The van der Waals surface area contributed by atoms with Crippen molar-refractivity contribution in [2.75, 3.05) is 24.7 Å². The number of ether oxygens (including phenoxy) is 1. The Hall–Kier alpha value is -2.92. The average Bonchev–Trinajstić information content (AvgIpc) is 2.96. The zero-order chi connectivity index (χ0) is 21.2. The number of fused-ring (bicyclic) bond motifs is 1. The third kappa shape index (κ3) is 4.93. The molecular weight excluding hydrogens is 399 g/mol. The molecular formula is C21H20F3N3OS. The Labute approximate surface area is 172 Å². The smallest absolute Gasteiger partial charge is 0.406 e. The van der Waals surface area contributed by atoms with Crippen molar-refractivity contribution in [1.82, 2.24) is 4.57 Å². The highest BCUT2D eigenvalue weighted by Crippen LogP contribution is 2.30. The highest BCUT2D eigenvalue weighted by molar-refractivity contribution is 7.80. The van der Waals surface area contributed by atoms with Gasteiger partial charge in [0.25, 0.3) is 0 Å². The molecule has 0 radical (unpaired) electrons. The van der Waals surface area contributed by atoms with Gasteiger partial charge < -0.3 is 20.4 Å². The first-order chi connectivity index (χ1) is 13.7. The van der Waals surface area contributed by atoms with Gasteiger partial charge in [-0.2, -0.15) is 13.2 Å². The molecule has 0 atom stereocenters. The first-order valence-corrected chi connectivity index (χ1v) is 9.18. The molecule has 1 heterocycles. The Bertz CT molecular complexity index is 1110. The lowest BCUT2D eigenvalue weighted by atomic mass is 10.1. The lowest BCUT2D eigenvalue weighted by Gasteiger charge is -2.11. The maximum absolute atomic E-state index is 13.1. The summed E-state index contributed by atoms with van der Waals surface area (Å²) in [5.41, 5.74) is 8.62. The normalized spacial score (nSPS) is 11.2. The average molecular weight is 419 g/mol. The fourth-order valence-electron chi connectivity index (χ4n) is 3.08. The standard InChI is InChI=1S/C21H20F3N3OS/c1-13-8-17(25)16-10-14(27(19(16)9-13)12-21(22,23)24)4-3-7-26-18-6-5-15(29)11-20(18)28-2/h5-6,8-11,26,29H,7,12,25H2,1-2H3. The van der Waals surface area contributed by atoms with E-state index in [1.165, 1.54) is 0 Å². The van der Waals surface area contributed by atoms with Crippen molar-refractivity contribution in [1.29, 1.82) is 0 Å². The highest BCUT2D eigenvalue weighted by Gasteiger charge is 2.29. The summed E-state index contributed by atoms with van der Waals surface area (Å²) in [7, 11) is 1.54. The molecule has 8 heteroatoms. The van der Waals surface area contributed by atoms with Gasteiger partial charge in [-0.3, -0.25) is 0 Å². The summed E-state index contributed by atoms with van der Waals surface area (Å²) < 4.78 is 45.8. The van der Waals surface area contributed by atoms with Gasteiger partial charge in [-0.05, 0) is 54.8 Å². The van der Waals surface area contributed by atoms with Crippen molar-refractivity contribution in [2.45, 2.75) is 24.5 Å². The van der Waals surface area contributed by atoms with Gasteiger partial charge in [-0.15, -0.1) is 12.6 Å². The number of alkyl halides is 3. The first-order valence-electron chi connectivity index (χ1n) is 8.74. The number of nitrogen functional groups attached to an aromatic ring is 1. The van der Waals surface area contributed by atoms with Gasteiger partial charge in [0, 0.05) is 16.0 Å². The summed E-state index contributed by atoms with van der Waals surface area (Å²) in [6, 6.07) is 10.4. The van der Waals surface area contributed by atoms with Gasteiger partial charge in [0.2, 0.25) is 0 Å². The number of nitrogens with one attached hydrogen (secondary N) is 1. The first kappa shape index (κ1) is 20.8. The van der Waals surface area contributed by atoms with E-state index < -0.39 is 12.7 Å². The van der Waals surface area contributed by atoms with E-state index in [4.69, 9.17) is 10.5 Å². The molecule has 3 aromatic rings. The molecule has 0 saturated carbocycles. The topological polar surface area (TPSA) is 52.2 Å². The SMILES string of the molecule is COc1cc(S)ccc1NCC#Cc1cc2c(N)cc(C)cc2n1CC(F)(F)F. The Morgan fingerprint density at radius 3 is 2.66 bits per heavy atom. The molecule has 0 saturated heterocycles. The molecule has 3 N–H and O–H groups in total. The van der Waals surface area contributed by atoms with Crippen LogP contribution in [-0.4, -0.2) is 24.4 Å². The molecule has 1 aromatic heterocycles. The second-order valence-electron chi connectivity index (χ2n) is 6.56. The Kier molecular flexibility index (Phi) is 5.89. The Morgan fingerprint density at radius 2 is 1.97 bits per heavy atom. The minimum absolute atomic E-state index is 0.227. The molecule has 0 aliphatic carbocycles. The van der Waals surface area contributed by atoms with Crippen LogP contribution in [0.25, 0.3) is 10.9 Å². The number of anilines is 2. The van der Waals surface area contributed by atoms with Crippen LogP contribution in [0.2, 0.25) is 0 Å². The van der Waals surface area contributed by atoms with Crippen molar-refractivity contribution in [3.63, 3.8) is 0 Å². The van der Waals surface area contributed by atoms with Crippen molar-refractivity contribution in [2.24, 2.45) is 0 Å². The lowest BCUT2D eigenvalue weighted by Crippen LogP contribution is -2.18. The lowest BCUT2D eigenvalue weighted by molar-refractivity contribution is -0.140. The van der Waals surface area contributed by atoms with Crippen LogP contribution in [0.3, 0.4) is 0 Å². The second kappa shape index (κ2) is 8.21. The minimum Gasteiger partial charge on any atom is -0.495 e. The van der Waals surface area contributed by atoms with Crippen LogP contribution in [0.1, 0.15) is 11.3 Å². The Balaban J connectivity index is 1.91. The predicted octanol–water partition coefficient (Wildman–Crippen LogP) is 4.86. The summed E-state index contributed by atoms with van der Waals surface area (Å²) in [6.07, 6.45) is -4.37. The monoisotopic (exact) mass is 419 g/mol. The summed E-state index contributed by atoms with van der Waals surface area (Å²) >= 11 is 4.26. The number of nitrogens with two attached hydrogens (primary N) is 1. The van der Waals surface area contributed by atoms with Crippen LogP contribution in [0.4, 0.5) is 24.5 Å². The maximum Gasteiger partial charge on any atom is 0.406 e. The predicted molar refractivity (Wildman–Crippen MR) is 113 cm³/mol. The quantitative estimate of drug-likeness (QED) is 0.322. The van der Waals surface area contributed by atoms with E-state index >= 15 is 0 Å². The van der Waals surface area contributed by atoms with Gasteiger partial charge in [0.05, 0.1) is 30.6 Å². The number of thiol groups is 1. The molecule has 0 amide bonds. The van der Waals surface area contributed by atoms with Crippen LogP contribution in [-0.2, 0) is 6.54 Å². The number of methoxy groups -OCH3 is 1. The molecule has 2 aromatic carbocycles. The molecule has 3 rings (SSSR count). The largest absolute Gasteiger partial charge is 0.495 e. The van der Waals surface area contributed by atoms with Gasteiger partial charge in [0.1, 0.15) is 12.3 Å². The Morgan fingerprint density at radius 1 is 1.21 bits per heavy atom. The van der Waals surface area contributed by atoms with E-state index in [1.807, 2.05) is 0 Å². The van der Waals surface area contributed by atoms with Gasteiger partial charge >= 0.3 is 6.18 Å². The fourth-order valence-corrected chi connectivity index (χ4v) is 3.28. The zero-order valence-electron chi connectivity index (χ0n) is 15.9. The van der Waals surface area contributed by atoms with Crippen LogP contribution >= 0.6 is 12.6 Å². The van der Waals surface area contributed by atoms with Crippen molar-refractivity contribution < 1.29 is 17.9 Å². The van der Waals surface area contributed by atoms with Crippen LogP contribution in [0.5, 0.6) is 5.75 Å². The maximum atomic E-state index is 13.1. The number of nitrogens with zero attached hydrogens (tertiary/aromatic N) is 1. The molecule has 0 aliphatic rings. The number of hydrogen-bond donors (Lipinski definition) is 3. The van der Waals surface area contributed by atoms with E-state index in [0.29, 0.717) is 22.3 Å². The summed E-state index contributed by atoms with van der Waals surface area (Å²) in [4.78, 5) is 0.753. The number of hydrogen-bond acceptors (Lipinski definition) is 4. The van der Waals surface area contributed by atoms with Crippen LogP contribution < -0.4 is 15.8 Å². The number of aryl methyl sites for hydroxylation is 1. The van der Waals surface area contributed by atoms with Crippen molar-refractivity contribution >= 4 is 34.9 Å². The summed E-state index contributed by atoms with van der Waals surface area (Å²) in [6.45, 7) is 0.887. The van der Waals surface area contributed by atoms with Crippen LogP contribution in [0, 0.1) is 18.8 Å². The van der Waals surface area contributed by atoms with Gasteiger partial charge in [-0.1, -0.05) is 5.92 Å². The van der Waals surface area contributed by atoms with Gasteiger partial charge in [-0.25, -0.2) is 0 Å². The minimum atomic E-state index is -4.37. The number of halogens is 3. The molecule has 0 fully saturated rings. The molecule has 29 heavy (non-hydrogen) atoms. The third-order valence-electron chi connectivity index (χ3n) is 4.30. The molecule has 4 nitrogen and oxygen atoms in total. The van der Waals surface area contributed by atoms with Gasteiger partial charge in [0.15, 0.2) is 0 Å². The van der Waals surface area contributed by atoms with Crippen molar-refractivity contribution in [3.8, 4) is 17.6 Å². The van der Waals surface area contributed by atoms with E-state index in [0.717, 1.165) is 20.7 Å². The van der Waals surface area contributed by atoms with E-state index in [9.17, 15) is 13.2 Å². The van der Waals surface area contributed by atoms with Crippen LogP contribution in [0.15, 0.2) is 41.3 Å². The third-order valence-corrected chi connectivity index (χ3v) is 4.58. The number of rotatable bonds is 4. The second-order valence-corrected chi connectivity index (χ2v) is 7.07. The molecule has 0 aliphatic heterocycles. The fraction of sp³-hybridized carbons (Fsp3) is 0.238. The number of benzene rings is 2. The summed E-state index contributed by atoms with van der Waals surface area (Å²) in [5, 5.41) is 3.65. The zero-order valence-corrected chi connectivity index (χ0v) is 16.8. The molecule has 152 valence electrons. The highest BCUT2D eigenvalue weighted by atomic mass is 32.1. The van der Waals surface area contributed by atoms with Crippen molar-refractivity contribution in [3.05, 3.63) is 47.7 Å². The van der Waals surface area contributed by atoms with E-state index in [1.54, 1.807) is 50.4 Å². The molecule has 0 spiro atoms. The number of aromatic nitrogens is 1. The molecule has 0 unspecified atom stereocenters. The molecule has 0 bridgehead atoms. The van der Waals surface area contributed by atoms with E-state index in [2.05, 4.69) is 29.8 Å².